The van der Waals surface area contributed by atoms with Crippen LogP contribution in [0.5, 0.6) is 0 Å². The molecule has 1 heterocycles. The summed E-state index contributed by atoms with van der Waals surface area (Å²) in [5, 5.41) is 3.92. The van der Waals surface area contributed by atoms with E-state index in [0.717, 1.165) is 0 Å². The molecule has 0 atom stereocenters. The summed E-state index contributed by atoms with van der Waals surface area (Å²) in [6, 6.07) is 8.41. The monoisotopic (exact) mass is 363 g/mol. The highest BCUT2D eigenvalue weighted by Gasteiger charge is 2.43. The van der Waals surface area contributed by atoms with E-state index in [1.807, 2.05) is 20.8 Å². The van der Waals surface area contributed by atoms with Gasteiger partial charge in [-0.25, -0.2) is 8.42 Å². The average molecular weight is 363 g/mol. The van der Waals surface area contributed by atoms with Gasteiger partial charge >= 0.3 is 0 Å². The number of nitrogens with zero attached hydrogens (tertiary/aromatic N) is 1. The normalized spacial score (nSPS) is 13.0. The molecule has 1 aromatic heterocycles. The number of sulfone groups is 1. The predicted octanol–water partition coefficient (Wildman–Crippen LogP) is 3.64. The maximum absolute atomic E-state index is 13.0. The molecule has 25 heavy (non-hydrogen) atoms. The average Bonchev–Trinajstić information content (AvgIpc) is 2.96. The lowest BCUT2D eigenvalue weighted by Gasteiger charge is -2.24. The summed E-state index contributed by atoms with van der Waals surface area (Å²) in [6.07, 6.45) is -0.0856. The van der Waals surface area contributed by atoms with Crippen LogP contribution in [0.15, 0.2) is 39.8 Å². The van der Waals surface area contributed by atoms with Crippen LogP contribution < -0.4 is 0 Å². The van der Waals surface area contributed by atoms with Crippen LogP contribution in [0.1, 0.15) is 51.6 Å². The van der Waals surface area contributed by atoms with E-state index in [-0.39, 0.29) is 16.7 Å². The molecule has 6 heteroatoms. The second kappa shape index (κ2) is 6.41. The standard InChI is InChI=1S/C19H25NO4S/c1-13-9-7-8-10-15(13)25(22,23)19(5,6)16(21)11-14-12-17(24-20-14)18(2,3)4/h7-10,12H,11H2,1-6H3. The van der Waals surface area contributed by atoms with Crippen LogP contribution >= 0.6 is 0 Å². The Labute approximate surface area is 149 Å². The number of aromatic nitrogens is 1. The SMILES string of the molecule is Cc1ccccc1S(=O)(=O)C(C)(C)C(=O)Cc1cc(C(C)(C)C)on1. The van der Waals surface area contributed by atoms with E-state index in [4.69, 9.17) is 4.52 Å². The van der Waals surface area contributed by atoms with E-state index >= 15 is 0 Å². The molecule has 0 saturated carbocycles. The quantitative estimate of drug-likeness (QED) is 0.810. The third kappa shape index (κ3) is 3.68. The third-order valence-corrected chi connectivity index (χ3v) is 6.97. The van der Waals surface area contributed by atoms with E-state index in [1.165, 1.54) is 19.9 Å². The zero-order valence-corrected chi connectivity index (χ0v) is 16.4. The minimum absolute atomic E-state index is 0.0856. The van der Waals surface area contributed by atoms with Crippen LogP contribution in [-0.4, -0.2) is 24.1 Å². The number of hydrogen-bond acceptors (Lipinski definition) is 5. The van der Waals surface area contributed by atoms with Crippen LogP contribution in [0.2, 0.25) is 0 Å². The Bertz CT molecular complexity index is 886. The highest BCUT2D eigenvalue weighted by molar-refractivity contribution is 7.93. The third-order valence-electron chi connectivity index (χ3n) is 4.37. The summed E-state index contributed by atoms with van der Waals surface area (Å²) < 4.78 is 29.7. The summed E-state index contributed by atoms with van der Waals surface area (Å²) in [6.45, 7) is 10.5. The number of rotatable bonds is 5. The Morgan fingerprint density at radius 2 is 1.72 bits per heavy atom. The molecule has 0 unspecified atom stereocenters. The van der Waals surface area contributed by atoms with Crippen molar-refractivity contribution in [3.63, 3.8) is 0 Å². The number of carbonyl (C=O) groups excluding carboxylic acids is 1. The molecule has 136 valence electrons. The molecule has 0 spiro atoms. The first-order chi connectivity index (χ1) is 11.4. The molecular weight excluding hydrogens is 338 g/mol. The molecule has 0 aliphatic rings. The molecule has 2 aromatic rings. The van der Waals surface area contributed by atoms with Gasteiger partial charge in [-0.1, -0.05) is 44.1 Å². The van der Waals surface area contributed by atoms with Crippen molar-refractivity contribution in [2.75, 3.05) is 0 Å². The molecule has 0 amide bonds. The summed E-state index contributed by atoms with van der Waals surface area (Å²) >= 11 is 0. The number of carbonyl (C=O) groups is 1. The van der Waals surface area contributed by atoms with Crippen molar-refractivity contribution in [2.24, 2.45) is 0 Å². The van der Waals surface area contributed by atoms with Crippen LogP contribution in [0.25, 0.3) is 0 Å². The van der Waals surface area contributed by atoms with Gasteiger partial charge in [0.2, 0.25) is 0 Å². The minimum atomic E-state index is -3.82. The molecule has 0 saturated heterocycles. The van der Waals surface area contributed by atoms with Gasteiger partial charge in [0.15, 0.2) is 15.6 Å². The van der Waals surface area contributed by atoms with Gasteiger partial charge < -0.3 is 4.52 Å². The molecule has 0 aliphatic carbocycles. The van der Waals surface area contributed by atoms with E-state index in [1.54, 1.807) is 31.2 Å². The number of benzene rings is 1. The van der Waals surface area contributed by atoms with Crippen molar-refractivity contribution in [2.45, 2.75) is 63.0 Å². The summed E-state index contributed by atoms with van der Waals surface area (Å²) in [5.41, 5.74) is 0.847. The highest BCUT2D eigenvalue weighted by Crippen LogP contribution is 2.30. The van der Waals surface area contributed by atoms with E-state index in [2.05, 4.69) is 5.16 Å². The maximum atomic E-state index is 13.0. The number of aryl methyl sites for hydroxylation is 1. The minimum Gasteiger partial charge on any atom is -0.361 e. The first-order valence-corrected chi connectivity index (χ1v) is 9.65. The first-order valence-electron chi connectivity index (χ1n) is 8.17. The van der Waals surface area contributed by atoms with Crippen molar-refractivity contribution < 1.29 is 17.7 Å². The first kappa shape index (κ1) is 19.4. The van der Waals surface area contributed by atoms with Gasteiger partial charge in [0.1, 0.15) is 10.5 Å². The Morgan fingerprint density at radius 3 is 2.24 bits per heavy atom. The number of Topliss-reactive ketones (excluding diaryl/α,β-unsaturated/α-hetero) is 1. The lowest BCUT2D eigenvalue weighted by atomic mass is 9.92. The Balaban J connectivity index is 2.31. The lowest BCUT2D eigenvalue weighted by Crippen LogP contribution is -2.42. The van der Waals surface area contributed by atoms with Crippen molar-refractivity contribution in [1.29, 1.82) is 0 Å². The van der Waals surface area contributed by atoms with E-state index in [0.29, 0.717) is 17.0 Å². The molecule has 0 bridgehead atoms. The highest BCUT2D eigenvalue weighted by atomic mass is 32.2. The van der Waals surface area contributed by atoms with Crippen LogP contribution in [0, 0.1) is 6.92 Å². The van der Waals surface area contributed by atoms with Gasteiger partial charge in [0.25, 0.3) is 0 Å². The van der Waals surface area contributed by atoms with Crippen molar-refractivity contribution in [3.8, 4) is 0 Å². The topological polar surface area (TPSA) is 77.2 Å². The second-order valence-electron chi connectivity index (χ2n) is 7.81. The maximum Gasteiger partial charge on any atom is 0.190 e. The summed E-state index contributed by atoms with van der Waals surface area (Å²) in [7, 11) is -3.82. The second-order valence-corrected chi connectivity index (χ2v) is 10.3. The van der Waals surface area contributed by atoms with Crippen molar-refractivity contribution in [1.82, 2.24) is 5.16 Å². The molecule has 1 aromatic carbocycles. The van der Waals surface area contributed by atoms with Crippen molar-refractivity contribution in [3.05, 3.63) is 47.3 Å². The molecule has 0 aliphatic heterocycles. The fourth-order valence-corrected chi connectivity index (χ4v) is 4.08. The largest absolute Gasteiger partial charge is 0.361 e. The van der Waals surface area contributed by atoms with E-state index in [9.17, 15) is 13.2 Å². The molecule has 0 radical (unpaired) electrons. The van der Waals surface area contributed by atoms with Crippen molar-refractivity contribution >= 4 is 15.6 Å². The molecular formula is C19H25NO4S. The molecule has 0 N–H and O–H groups in total. The van der Waals surface area contributed by atoms with Crippen LogP contribution in [-0.2, 0) is 26.5 Å². The predicted molar refractivity (Wildman–Crippen MR) is 96.4 cm³/mol. The molecule has 5 nitrogen and oxygen atoms in total. The zero-order chi connectivity index (χ0) is 19.0. The smallest absolute Gasteiger partial charge is 0.190 e. The van der Waals surface area contributed by atoms with Gasteiger partial charge in [0.05, 0.1) is 17.0 Å². The van der Waals surface area contributed by atoms with Gasteiger partial charge in [0, 0.05) is 11.5 Å². The lowest BCUT2D eigenvalue weighted by molar-refractivity contribution is -0.120. The van der Waals surface area contributed by atoms with E-state index < -0.39 is 20.4 Å². The van der Waals surface area contributed by atoms with Crippen LogP contribution in [0.3, 0.4) is 0 Å². The molecule has 2 rings (SSSR count). The Kier molecular flexibility index (Phi) is 4.97. The van der Waals surface area contributed by atoms with Gasteiger partial charge in [-0.3, -0.25) is 4.79 Å². The van der Waals surface area contributed by atoms with Gasteiger partial charge in [-0.2, -0.15) is 0 Å². The van der Waals surface area contributed by atoms with Gasteiger partial charge in [-0.15, -0.1) is 0 Å². The summed E-state index contributed by atoms with van der Waals surface area (Å²) in [5.74, 6) is 0.249. The zero-order valence-electron chi connectivity index (χ0n) is 15.6. The summed E-state index contributed by atoms with van der Waals surface area (Å²) in [4.78, 5) is 12.9. The Hall–Kier alpha value is -1.95. The fraction of sp³-hybridized carbons (Fsp3) is 0.474. The fourth-order valence-electron chi connectivity index (χ4n) is 2.41. The number of hydrogen-bond donors (Lipinski definition) is 0. The Morgan fingerprint density at radius 1 is 1.12 bits per heavy atom. The van der Waals surface area contributed by atoms with Crippen LogP contribution in [0.4, 0.5) is 0 Å². The molecule has 0 fully saturated rings. The number of ketones is 1. The van der Waals surface area contributed by atoms with Gasteiger partial charge in [-0.05, 0) is 32.4 Å².